The number of rotatable bonds is 1. The molecule has 2 aromatic rings. The maximum atomic E-state index is 3.45. The van der Waals surface area contributed by atoms with E-state index in [1.165, 1.54) is 26.7 Å². The van der Waals surface area contributed by atoms with Gasteiger partial charge in [-0.25, -0.2) is 0 Å². The Morgan fingerprint density at radius 1 is 0.552 bits per heavy atom. The summed E-state index contributed by atoms with van der Waals surface area (Å²) in [5.74, 6) is 0.653. The van der Waals surface area contributed by atoms with Gasteiger partial charge in [0.15, 0.2) is 0 Å². The van der Waals surface area contributed by atoms with E-state index in [0.717, 1.165) is 0 Å². The quantitative estimate of drug-likeness (QED) is 0.389. The van der Waals surface area contributed by atoms with E-state index in [0.29, 0.717) is 5.92 Å². The van der Waals surface area contributed by atoms with Crippen LogP contribution < -0.4 is 0 Å². The first-order valence-corrected chi connectivity index (χ1v) is 12.5. The third kappa shape index (κ3) is 24.9. The fraction of sp³-hybridized carbons (Fsp3) is 0.571. The minimum absolute atomic E-state index is 0.653. The van der Waals surface area contributed by atoms with E-state index in [2.05, 4.69) is 93.0 Å². The molecular formula is C28H53Br. The van der Waals surface area contributed by atoms with Crippen molar-refractivity contribution in [3.8, 4) is 0 Å². The first-order valence-electron chi connectivity index (χ1n) is 11.7. The van der Waals surface area contributed by atoms with Crippen LogP contribution in [-0.4, -0.2) is 0 Å². The molecule has 0 aliphatic heterocycles. The molecule has 0 atom stereocenters. The van der Waals surface area contributed by atoms with Crippen LogP contribution in [0.2, 0.25) is 0 Å². The molecule has 0 aliphatic carbocycles. The summed E-state index contributed by atoms with van der Waals surface area (Å²) in [5, 5.41) is 0. The van der Waals surface area contributed by atoms with Gasteiger partial charge >= 0.3 is 0 Å². The molecule has 0 heterocycles. The predicted octanol–water partition coefficient (Wildman–Crippen LogP) is 11.3. The summed E-state index contributed by atoms with van der Waals surface area (Å²) < 4.78 is 1.20. The Morgan fingerprint density at radius 2 is 0.897 bits per heavy atom. The van der Waals surface area contributed by atoms with Gasteiger partial charge in [-0.1, -0.05) is 141 Å². The molecule has 29 heavy (non-hydrogen) atoms. The third-order valence-corrected chi connectivity index (χ3v) is 3.93. The Bertz CT molecular complexity index is 510. The van der Waals surface area contributed by atoms with E-state index in [1.807, 2.05) is 69.2 Å². The highest BCUT2D eigenvalue weighted by molar-refractivity contribution is 9.10. The maximum absolute atomic E-state index is 3.45. The lowest BCUT2D eigenvalue weighted by molar-refractivity contribution is 0.866. The molecule has 0 nitrogen and oxygen atoms in total. The van der Waals surface area contributed by atoms with Crippen LogP contribution >= 0.6 is 15.9 Å². The van der Waals surface area contributed by atoms with Crippen LogP contribution in [0, 0.1) is 20.8 Å². The molecule has 0 N–H and O–H groups in total. The van der Waals surface area contributed by atoms with Gasteiger partial charge < -0.3 is 0 Å². The molecule has 0 radical (unpaired) electrons. The molecule has 1 heteroatoms. The Labute approximate surface area is 194 Å². The normalized spacial score (nSPS) is 7.62. The second kappa shape index (κ2) is 31.6. The highest BCUT2D eigenvalue weighted by atomic mass is 79.9. The van der Waals surface area contributed by atoms with Crippen molar-refractivity contribution in [2.24, 2.45) is 0 Å². The molecule has 0 saturated heterocycles. The lowest BCUT2D eigenvalue weighted by atomic mass is 10.0. The van der Waals surface area contributed by atoms with Crippen LogP contribution in [0.1, 0.15) is 111 Å². The highest BCUT2D eigenvalue weighted by Gasteiger charge is 1.95. The number of hydrogen-bond acceptors (Lipinski definition) is 0. The zero-order chi connectivity index (χ0) is 24.4. The van der Waals surface area contributed by atoms with E-state index >= 15 is 0 Å². The van der Waals surface area contributed by atoms with Crippen LogP contribution in [0.5, 0.6) is 0 Å². The fourth-order valence-electron chi connectivity index (χ4n) is 1.65. The van der Waals surface area contributed by atoms with Crippen molar-refractivity contribution < 1.29 is 0 Å². The minimum Gasteiger partial charge on any atom is -0.0683 e. The van der Waals surface area contributed by atoms with Crippen molar-refractivity contribution in [3.63, 3.8) is 0 Å². The van der Waals surface area contributed by atoms with Crippen molar-refractivity contribution in [2.45, 2.75) is 110 Å². The Hall–Kier alpha value is -1.08. The van der Waals surface area contributed by atoms with E-state index in [9.17, 15) is 0 Å². The standard InChI is InChI=1S/C10H14.C8H9Br.5C2H6/c1-8(2)10-6-4-9(3)5-7-10;1-6-3-4-7(2)8(9)5-6;5*1-2/h4-8H,1-3H3;3-5H,1-2H3;5*1-2H3. The molecule has 0 unspecified atom stereocenters. The van der Waals surface area contributed by atoms with Gasteiger partial charge in [0.25, 0.3) is 0 Å². The fourth-order valence-corrected chi connectivity index (χ4v) is 2.14. The zero-order valence-corrected chi connectivity index (χ0v) is 24.1. The SMILES string of the molecule is CC.CC.CC.CC.CC.Cc1ccc(C(C)C)cc1.Cc1ccc(C)c(Br)c1. The van der Waals surface area contributed by atoms with E-state index in [1.54, 1.807) is 0 Å². The van der Waals surface area contributed by atoms with Gasteiger partial charge in [-0.05, 0) is 49.4 Å². The van der Waals surface area contributed by atoms with Gasteiger partial charge in [0, 0.05) is 4.47 Å². The summed E-state index contributed by atoms with van der Waals surface area (Å²) in [6.07, 6.45) is 0. The summed E-state index contributed by atoms with van der Waals surface area (Å²) in [7, 11) is 0. The Morgan fingerprint density at radius 3 is 1.17 bits per heavy atom. The number of aryl methyl sites for hydroxylation is 3. The summed E-state index contributed by atoms with van der Waals surface area (Å²) in [4.78, 5) is 0. The molecule has 0 aliphatic rings. The number of benzene rings is 2. The van der Waals surface area contributed by atoms with Crippen LogP contribution in [0.3, 0.4) is 0 Å². The number of halogens is 1. The van der Waals surface area contributed by atoms with Gasteiger partial charge in [-0.3, -0.25) is 0 Å². The zero-order valence-electron chi connectivity index (χ0n) is 22.5. The van der Waals surface area contributed by atoms with Crippen molar-refractivity contribution in [3.05, 3.63) is 69.2 Å². The lowest BCUT2D eigenvalue weighted by Gasteiger charge is -2.03. The summed E-state index contributed by atoms with van der Waals surface area (Å²) in [6.45, 7) is 30.7. The Kier molecular flexibility index (Phi) is 42.0. The van der Waals surface area contributed by atoms with Crippen molar-refractivity contribution in [1.29, 1.82) is 0 Å². The molecule has 0 spiro atoms. The van der Waals surface area contributed by atoms with Gasteiger partial charge in [0.2, 0.25) is 0 Å². The van der Waals surface area contributed by atoms with Gasteiger partial charge in [0.1, 0.15) is 0 Å². The maximum Gasteiger partial charge on any atom is 0.0207 e. The summed E-state index contributed by atoms with van der Waals surface area (Å²) >= 11 is 3.45. The van der Waals surface area contributed by atoms with Gasteiger partial charge in [0.05, 0.1) is 0 Å². The third-order valence-electron chi connectivity index (χ3n) is 3.07. The number of hydrogen-bond donors (Lipinski definition) is 0. The van der Waals surface area contributed by atoms with E-state index < -0.39 is 0 Å². The largest absolute Gasteiger partial charge is 0.0683 e. The van der Waals surface area contributed by atoms with Gasteiger partial charge in [-0.2, -0.15) is 0 Å². The second-order valence-electron chi connectivity index (χ2n) is 5.32. The summed E-state index contributed by atoms with van der Waals surface area (Å²) in [5.41, 5.74) is 5.35. The molecule has 2 rings (SSSR count). The molecule has 0 fully saturated rings. The predicted molar refractivity (Wildman–Crippen MR) is 146 cm³/mol. The molecule has 172 valence electrons. The molecule has 0 bridgehead atoms. The van der Waals surface area contributed by atoms with Crippen LogP contribution in [0.25, 0.3) is 0 Å². The smallest absolute Gasteiger partial charge is 0.0207 e. The monoisotopic (exact) mass is 468 g/mol. The average Bonchev–Trinajstić information content (AvgIpc) is 2.79. The van der Waals surface area contributed by atoms with Crippen LogP contribution in [0.15, 0.2) is 46.9 Å². The highest BCUT2D eigenvalue weighted by Crippen LogP contribution is 2.16. The molecule has 0 saturated carbocycles. The molecule has 0 aromatic heterocycles. The van der Waals surface area contributed by atoms with Crippen molar-refractivity contribution in [1.82, 2.24) is 0 Å². The average molecular weight is 470 g/mol. The molecular weight excluding hydrogens is 416 g/mol. The van der Waals surface area contributed by atoms with Crippen LogP contribution in [0.4, 0.5) is 0 Å². The first kappa shape index (κ1) is 38.5. The van der Waals surface area contributed by atoms with Crippen LogP contribution in [-0.2, 0) is 0 Å². The van der Waals surface area contributed by atoms with E-state index in [-0.39, 0.29) is 0 Å². The molecule has 0 amide bonds. The lowest BCUT2D eigenvalue weighted by Crippen LogP contribution is -1.85. The minimum atomic E-state index is 0.653. The van der Waals surface area contributed by atoms with Gasteiger partial charge in [-0.15, -0.1) is 0 Å². The topological polar surface area (TPSA) is 0 Å². The van der Waals surface area contributed by atoms with E-state index in [4.69, 9.17) is 0 Å². The first-order chi connectivity index (χ1) is 13.9. The van der Waals surface area contributed by atoms with Crippen molar-refractivity contribution >= 4 is 15.9 Å². The van der Waals surface area contributed by atoms with Crippen molar-refractivity contribution in [2.75, 3.05) is 0 Å². The summed E-state index contributed by atoms with van der Waals surface area (Å²) in [6, 6.07) is 15.1. The Balaban J connectivity index is -0.0000000929. The molecule has 2 aromatic carbocycles. The second-order valence-corrected chi connectivity index (χ2v) is 6.17.